The number of nitriles is 1. The van der Waals surface area contributed by atoms with E-state index >= 15 is 0 Å². The summed E-state index contributed by atoms with van der Waals surface area (Å²) in [5, 5.41) is 13.8. The molecule has 0 saturated carbocycles. The lowest BCUT2D eigenvalue weighted by Gasteiger charge is -2.46. The van der Waals surface area contributed by atoms with Crippen LogP contribution in [-0.2, 0) is 11.3 Å². The van der Waals surface area contributed by atoms with Gasteiger partial charge in [-0.1, -0.05) is 0 Å². The Bertz CT molecular complexity index is 1300. The number of fused-ring (bicyclic) bond motifs is 2. The summed E-state index contributed by atoms with van der Waals surface area (Å²) in [6, 6.07) is 9.11. The standard InChI is InChI=1S/C27H36N10O/c1-19-14-34(24-4-3-21(11-28)37-25(24)5-7-32-37)16-22-6-8-33(9-10-36(19)22)15-20-12-31-27(13-30-20)35-17-23(29)26(18-35)38-2/h3-5,7,12-13,19,22-23,26H,6,8-10,14-18,29H2,1-2H3/t19-,22+,23-,26-/m1/s1. The lowest BCUT2D eigenvalue weighted by molar-refractivity contribution is 0.108. The minimum atomic E-state index is -0.00141. The summed E-state index contributed by atoms with van der Waals surface area (Å²) in [4.78, 5) is 19.2. The van der Waals surface area contributed by atoms with Crippen LogP contribution in [0.1, 0.15) is 24.7 Å². The van der Waals surface area contributed by atoms with Crippen LogP contribution in [0.4, 0.5) is 11.5 Å². The third-order valence-electron chi connectivity index (χ3n) is 8.40. The van der Waals surface area contributed by atoms with Gasteiger partial charge in [-0.3, -0.25) is 14.8 Å². The molecule has 11 heteroatoms. The van der Waals surface area contributed by atoms with Crippen molar-refractivity contribution in [2.24, 2.45) is 5.73 Å². The molecular weight excluding hydrogens is 480 g/mol. The Morgan fingerprint density at radius 3 is 2.71 bits per heavy atom. The predicted octanol–water partition coefficient (Wildman–Crippen LogP) is 0.943. The molecule has 3 saturated heterocycles. The highest BCUT2D eigenvalue weighted by Gasteiger charge is 2.35. The molecule has 38 heavy (non-hydrogen) atoms. The number of nitrogens with two attached hydrogens (primary N) is 1. The smallest absolute Gasteiger partial charge is 0.147 e. The summed E-state index contributed by atoms with van der Waals surface area (Å²) < 4.78 is 7.22. The zero-order valence-corrected chi connectivity index (χ0v) is 22.1. The maximum Gasteiger partial charge on any atom is 0.147 e. The van der Waals surface area contributed by atoms with Crippen LogP contribution in [0.15, 0.2) is 36.8 Å². The van der Waals surface area contributed by atoms with Gasteiger partial charge in [0.15, 0.2) is 0 Å². The molecule has 0 unspecified atom stereocenters. The number of methoxy groups -OCH3 is 1. The molecule has 0 radical (unpaired) electrons. The number of piperazine rings is 1. The fourth-order valence-electron chi connectivity index (χ4n) is 6.35. The van der Waals surface area contributed by atoms with Crippen LogP contribution in [0.5, 0.6) is 0 Å². The third-order valence-corrected chi connectivity index (χ3v) is 8.40. The maximum absolute atomic E-state index is 9.45. The lowest BCUT2D eigenvalue weighted by Crippen LogP contribution is -2.58. The molecule has 3 aromatic rings. The van der Waals surface area contributed by atoms with Crippen molar-refractivity contribution < 1.29 is 4.74 Å². The summed E-state index contributed by atoms with van der Waals surface area (Å²) in [5.74, 6) is 0.862. The molecule has 11 nitrogen and oxygen atoms in total. The van der Waals surface area contributed by atoms with Crippen molar-refractivity contribution in [2.45, 2.75) is 44.1 Å². The molecule has 6 heterocycles. The molecule has 4 atom stereocenters. The quantitative estimate of drug-likeness (QED) is 0.525. The lowest BCUT2D eigenvalue weighted by atomic mass is 10.0. The van der Waals surface area contributed by atoms with Gasteiger partial charge in [-0.2, -0.15) is 10.4 Å². The minimum absolute atomic E-state index is 0.00141. The van der Waals surface area contributed by atoms with E-state index in [1.54, 1.807) is 17.8 Å². The molecule has 3 aliphatic rings. The summed E-state index contributed by atoms with van der Waals surface area (Å²) in [6.45, 7) is 9.64. The summed E-state index contributed by atoms with van der Waals surface area (Å²) in [7, 11) is 1.71. The Morgan fingerprint density at radius 1 is 1.05 bits per heavy atom. The first-order valence-corrected chi connectivity index (χ1v) is 13.5. The maximum atomic E-state index is 9.45. The second-order valence-electron chi connectivity index (χ2n) is 10.8. The van der Waals surface area contributed by atoms with Crippen molar-refractivity contribution in [3.05, 3.63) is 48.2 Å². The van der Waals surface area contributed by atoms with Gasteiger partial charge in [0.25, 0.3) is 0 Å². The highest BCUT2D eigenvalue weighted by molar-refractivity contribution is 5.74. The minimum Gasteiger partial charge on any atom is -0.378 e. The van der Waals surface area contributed by atoms with E-state index < -0.39 is 0 Å². The van der Waals surface area contributed by atoms with E-state index in [0.717, 1.165) is 81.5 Å². The number of anilines is 2. The number of aromatic nitrogens is 4. The first kappa shape index (κ1) is 25.0. The van der Waals surface area contributed by atoms with E-state index in [2.05, 4.69) is 43.8 Å². The van der Waals surface area contributed by atoms with E-state index in [-0.39, 0.29) is 12.1 Å². The van der Waals surface area contributed by atoms with Gasteiger partial charge >= 0.3 is 0 Å². The number of hydrogen-bond acceptors (Lipinski definition) is 10. The molecule has 2 N–H and O–H groups in total. The fourth-order valence-corrected chi connectivity index (χ4v) is 6.35. The van der Waals surface area contributed by atoms with Gasteiger partial charge in [-0.25, -0.2) is 9.50 Å². The van der Waals surface area contributed by atoms with Gasteiger partial charge in [0.2, 0.25) is 0 Å². The van der Waals surface area contributed by atoms with Crippen LogP contribution < -0.4 is 15.5 Å². The molecule has 0 aromatic carbocycles. The third kappa shape index (κ3) is 4.69. The van der Waals surface area contributed by atoms with Crippen LogP contribution in [0, 0.1) is 11.3 Å². The molecule has 0 aliphatic carbocycles. The predicted molar refractivity (Wildman–Crippen MR) is 145 cm³/mol. The van der Waals surface area contributed by atoms with Gasteiger partial charge in [0.05, 0.1) is 47.6 Å². The highest BCUT2D eigenvalue weighted by Crippen LogP contribution is 2.29. The van der Waals surface area contributed by atoms with Crippen molar-refractivity contribution in [3.63, 3.8) is 0 Å². The molecule has 6 rings (SSSR count). The largest absolute Gasteiger partial charge is 0.378 e. The van der Waals surface area contributed by atoms with Crippen molar-refractivity contribution in [1.29, 1.82) is 5.26 Å². The second kappa shape index (κ2) is 10.5. The van der Waals surface area contributed by atoms with E-state index in [1.165, 1.54) is 0 Å². The topological polar surface area (TPSA) is 115 Å². The van der Waals surface area contributed by atoms with Gasteiger partial charge < -0.3 is 20.3 Å². The zero-order chi connectivity index (χ0) is 26.2. The van der Waals surface area contributed by atoms with Crippen molar-refractivity contribution in [2.75, 3.05) is 62.7 Å². The van der Waals surface area contributed by atoms with Gasteiger partial charge in [0.1, 0.15) is 17.6 Å². The summed E-state index contributed by atoms with van der Waals surface area (Å²) in [6.07, 6.45) is 6.69. The Morgan fingerprint density at radius 2 is 1.95 bits per heavy atom. The first-order valence-electron chi connectivity index (χ1n) is 13.5. The average molecular weight is 517 g/mol. The first-order chi connectivity index (χ1) is 18.5. The number of rotatable bonds is 5. The van der Waals surface area contributed by atoms with E-state index in [4.69, 9.17) is 20.4 Å². The molecule has 3 aromatic heterocycles. The van der Waals surface area contributed by atoms with Gasteiger partial charge in [-0.05, 0) is 31.5 Å². The second-order valence-corrected chi connectivity index (χ2v) is 10.8. The van der Waals surface area contributed by atoms with Crippen LogP contribution in [-0.4, -0.2) is 107 Å². The Labute approximate surface area is 223 Å². The molecule has 200 valence electrons. The van der Waals surface area contributed by atoms with Gasteiger partial charge in [-0.15, -0.1) is 0 Å². The van der Waals surface area contributed by atoms with E-state index in [1.807, 2.05) is 24.5 Å². The van der Waals surface area contributed by atoms with E-state index in [0.29, 0.717) is 17.8 Å². The van der Waals surface area contributed by atoms with Crippen LogP contribution in [0.25, 0.3) is 5.52 Å². The van der Waals surface area contributed by atoms with Crippen LogP contribution in [0.3, 0.4) is 0 Å². The summed E-state index contributed by atoms with van der Waals surface area (Å²) >= 11 is 0. The molecular formula is C27H36N10O. The number of pyridine rings is 1. The van der Waals surface area contributed by atoms with Gasteiger partial charge in [0, 0.05) is 71.6 Å². The Balaban J connectivity index is 1.10. The number of hydrogen-bond donors (Lipinski definition) is 1. The molecule has 0 amide bonds. The zero-order valence-electron chi connectivity index (χ0n) is 22.1. The molecule has 0 bridgehead atoms. The number of ether oxygens (including phenoxy) is 1. The van der Waals surface area contributed by atoms with Crippen molar-refractivity contribution >= 4 is 17.0 Å². The number of nitrogens with zero attached hydrogens (tertiary/aromatic N) is 9. The normalized spacial score (nSPS) is 26.9. The SMILES string of the molecule is CO[C@@H]1CN(c2cnc(CN3CC[C@H]4CN(c5ccc(C#N)n6nccc56)C[C@@H](C)N4CC3)cn2)C[C@H]1N. The summed E-state index contributed by atoms with van der Waals surface area (Å²) in [5.41, 5.74) is 9.88. The molecule has 0 spiro atoms. The van der Waals surface area contributed by atoms with E-state index in [9.17, 15) is 5.26 Å². The monoisotopic (exact) mass is 516 g/mol. The highest BCUT2D eigenvalue weighted by atomic mass is 16.5. The molecule has 3 aliphatic heterocycles. The van der Waals surface area contributed by atoms with Crippen LogP contribution >= 0.6 is 0 Å². The Kier molecular flexibility index (Phi) is 6.88. The van der Waals surface area contributed by atoms with Crippen molar-refractivity contribution in [1.82, 2.24) is 29.4 Å². The molecule has 3 fully saturated rings. The Hall–Kier alpha value is -3.30. The average Bonchev–Trinajstić information content (AvgIpc) is 3.52. The fraction of sp³-hybridized carbons (Fsp3) is 0.556. The van der Waals surface area contributed by atoms with Crippen LogP contribution in [0.2, 0.25) is 0 Å². The van der Waals surface area contributed by atoms with Crippen molar-refractivity contribution in [3.8, 4) is 6.07 Å².